The largest absolute Gasteiger partial charge is 0.484 e. The highest BCUT2D eigenvalue weighted by atomic mass is 35.5. The summed E-state index contributed by atoms with van der Waals surface area (Å²) in [5.74, 6) is -0.304. The summed E-state index contributed by atoms with van der Waals surface area (Å²) in [7, 11) is -1.95. The number of carbonyl (C=O) groups is 2. The van der Waals surface area contributed by atoms with E-state index in [4.69, 9.17) is 16.3 Å². The van der Waals surface area contributed by atoms with Crippen molar-refractivity contribution in [2.75, 3.05) is 29.5 Å². The fourth-order valence-electron chi connectivity index (χ4n) is 2.79. The first-order valence-electron chi connectivity index (χ1n) is 10.3. The molecule has 2 amide bonds. The Hall–Kier alpha value is -3.89. The summed E-state index contributed by atoms with van der Waals surface area (Å²) in [5, 5.41) is 7.04. The lowest BCUT2D eigenvalue weighted by Gasteiger charge is -2.16. The van der Waals surface area contributed by atoms with Gasteiger partial charge in [0.15, 0.2) is 6.61 Å². The van der Waals surface area contributed by atoms with Crippen LogP contribution in [0, 0.1) is 0 Å². The molecule has 35 heavy (non-hydrogen) atoms. The minimum atomic E-state index is -3.38. The van der Waals surface area contributed by atoms with Crippen LogP contribution in [-0.4, -0.2) is 46.4 Å². The van der Waals surface area contributed by atoms with Crippen LogP contribution >= 0.6 is 11.6 Å². The molecule has 0 radical (unpaired) electrons. The number of nitrogens with zero attached hydrogens (tertiary/aromatic N) is 2. The topological polar surface area (TPSA) is 117 Å². The highest BCUT2D eigenvalue weighted by molar-refractivity contribution is 7.92. The number of carbonyl (C=O) groups excluding carboxylic acids is 2. The lowest BCUT2D eigenvalue weighted by molar-refractivity contribution is -0.118. The van der Waals surface area contributed by atoms with E-state index in [-0.39, 0.29) is 12.5 Å². The number of halogens is 1. The zero-order valence-electron chi connectivity index (χ0n) is 18.9. The van der Waals surface area contributed by atoms with Crippen LogP contribution in [0.2, 0.25) is 5.02 Å². The molecule has 0 unspecified atom stereocenters. The summed E-state index contributed by atoms with van der Waals surface area (Å²) in [6, 6.07) is 19.8. The predicted octanol–water partition coefficient (Wildman–Crippen LogP) is 3.52. The number of sulfonamides is 1. The minimum Gasteiger partial charge on any atom is -0.484 e. The van der Waals surface area contributed by atoms with Crippen molar-refractivity contribution < 1.29 is 22.7 Å². The van der Waals surface area contributed by atoms with Crippen LogP contribution in [0.3, 0.4) is 0 Å². The molecular formula is C24H23ClN4O5S. The van der Waals surface area contributed by atoms with Crippen molar-refractivity contribution in [3.8, 4) is 5.75 Å². The number of para-hydroxylation sites is 1. The second-order valence-electron chi connectivity index (χ2n) is 7.36. The Kier molecular flexibility index (Phi) is 8.45. The van der Waals surface area contributed by atoms with E-state index >= 15 is 0 Å². The highest BCUT2D eigenvalue weighted by Crippen LogP contribution is 2.20. The summed E-state index contributed by atoms with van der Waals surface area (Å²) < 4.78 is 29.8. The Morgan fingerprint density at radius 1 is 1.03 bits per heavy atom. The van der Waals surface area contributed by atoms with Gasteiger partial charge in [-0.25, -0.2) is 13.8 Å². The number of hydrazone groups is 1. The number of anilines is 2. The van der Waals surface area contributed by atoms with Gasteiger partial charge in [-0.1, -0.05) is 23.7 Å². The van der Waals surface area contributed by atoms with E-state index in [0.29, 0.717) is 33.3 Å². The Bertz CT molecular complexity index is 1330. The first-order valence-corrected chi connectivity index (χ1v) is 12.5. The molecule has 0 saturated carbocycles. The lowest BCUT2D eigenvalue weighted by atomic mass is 10.2. The first kappa shape index (κ1) is 25.7. The number of rotatable bonds is 9. The van der Waals surface area contributed by atoms with Gasteiger partial charge in [-0.15, -0.1) is 0 Å². The van der Waals surface area contributed by atoms with Crippen LogP contribution in [0.5, 0.6) is 5.75 Å². The van der Waals surface area contributed by atoms with E-state index in [0.717, 1.165) is 10.6 Å². The van der Waals surface area contributed by atoms with Crippen LogP contribution in [0.4, 0.5) is 11.4 Å². The van der Waals surface area contributed by atoms with Crippen LogP contribution in [0.15, 0.2) is 77.9 Å². The van der Waals surface area contributed by atoms with Gasteiger partial charge in [0, 0.05) is 12.6 Å². The molecular weight excluding hydrogens is 492 g/mol. The molecule has 11 heteroatoms. The molecule has 0 aliphatic heterocycles. The van der Waals surface area contributed by atoms with Gasteiger partial charge in [0.05, 0.1) is 28.9 Å². The summed E-state index contributed by atoms with van der Waals surface area (Å²) in [5.41, 5.74) is 4.38. The van der Waals surface area contributed by atoms with E-state index in [1.165, 1.54) is 37.5 Å². The molecule has 0 aliphatic rings. The Balaban J connectivity index is 1.48. The summed E-state index contributed by atoms with van der Waals surface area (Å²) >= 11 is 6.02. The van der Waals surface area contributed by atoms with Gasteiger partial charge in [-0.05, 0) is 66.2 Å². The van der Waals surface area contributed by atoms with Gasteiger partial charge in [-0.3, -0.25) is 13.9 Å². The van der Waals surface area contributed by atoms with Crippen molar-refractivity contribution in [2.45, 2.75) is 0 Å². The van der Waals surface area contributed by atoms with E-state index in [9.17, 15) is 18.0 Å². The fourth-order valence-corrected chi connectivity index (χ4v) is 3.48. The molecule has 0 fully saturated rings. The second kappa shape index (κ2) is 11.5. The van der Waals surface area contributed by atoms with Crippen molar-refractivity contribution in [3.05, 3.63) is 88.9 Å². The summed E-state index contributed by atoms with van der Waals surface area (Å²) in [6.07, 6.45) is 2.55. The number of ether oxygens (including phenoxy) is 1. The maximum absolute atomic E-state index is 12.2. The molecule has 2 N–H and O–H groups in total. The summed E-state index contributed by atoms with van der Waals surface area (Å²) in [4.78, 5) is 24.3. The molecule has 0 heterocycles. The van der Waals surface area contributed by atoms with Gasteiger partial charge in [0.2, 0.25) is 10.0 Å². The smallest absolute Gasteiger partial charge is 0.271 e. The highest BCUT2D eigenvalue weighted by Gasteiger charge is 2.12. The zero-order chi connectivity index (χ0) is 25.4. The molecule has 182 valence electrons. The minimum absolute atomic E-state index is 0.187. The average molecular weight is 515 g/mol. The van der Waals surface area contributed by atoms with Crippen molar-refractivity contribution in [1.82, 2.24) is 5.43 Å². The molecule has 3 aromatic rings. The van der Waals surface area contributed by atoms with Gasteiger partial charge in [-0.2, -0.15) is 5.10 Å². The fraction of sp³-hybridized carbons (Fsp3) is 0.125. The normalized spacial score (nSPS) is 11.2. The zero-order valence-corrected chi connectivity index (χ0v) is 20.5. The maximum Gasteiger partial charge on any atom is 0.271 e. The quantitative estimate of drug-likeness (QED) is 0.335. The van der Waals surface area contributed by atoms with Crippen LogP contribution < -0.4 is 19.8 Å². The van der Waals surface area contributed by atoms with Crippen molar-refractivity contribution >= 4 is 51.0 Å². The molecule has 9 nitrogen and oxygen atoms in total. The number of hydrogen-bond donors (Lipinski definition) is 2. The van der Waals surface area contributed by atoms with E-state index in [1.807, 2.05) is 0 Å². The molecule has 0 atom stereocenters. The monoisotopic (exact) mass is 514 g/mol. The molecule has 3 aromatic carbocycles. The Morgan fingerprint density at radius 2 is 1.69 bits per heavy atom. The van der Waals surface area contributed by atoms with Crippen molar-refractivity contribution in [3.63, 3.8) is 0 Å². The van der Waals surface area contributed by atoms with Crippen LogP contribution in [0.25, 0.3) is 0 Å². The van der Waals surface area contributed by atoms with Gasteiger partial charge < -0.3 is 10.1 Å². The van der Waals surface area contributed by atoms with Gasteiger partial charge >= 0.3 is 0 Å². The third kappa shape index (κ3) is 7.56. The maximum atomic E-state index is 12.2. The predicted molar refractivity (Wildman–Crippen MR) is 137 cm³/mol. The second-order valence-corrected chi connectivity index (χ2v) is 9.78. The van der Waals surface area contributed by atoms with E-state index in [1.54, 1.807) is 48.5 Å². The SMILES string of the molecule is CN(c1ccc(C(=O)N/N=C\c2ccc(OCC(=O)Nc3ccccc3Cl)cc2)cc1)S(C)(=O)=O. The molecule has 0 saturated heterocycles. The number of benzene rings is 3. The number of nitrogens with one attached hydrogen (secondary N) is 2. The van der Waals surface area contributed by atoms with Crippen LogP contribution in [0.1, 0.15) is 15.9 Å². The van der Waals surface area contributed by atoms with Gasteiger partial charge in [0.1, 0.15) is 5.75 Å². The van der Waals surface area contributed by atoms with E-state index in [2.05, 4.69) is 15.8 Å². The molecule has 0 aliphatic carbocycles. The lowest BCUT2D eigenvalue weighted by Crippen LogP contribution is -2.25. The number of hydrogen-bond acceptors (Lipinski definition) is 6. The third-order valence-corrected chi connectivity index (χ3v) is 6.30. The molecule has 0 aromatic heterocycles. The van der Waals surface area contributed by atoms with Crippen molar-refractivity contribution in [2.24, 2.45) is 5.10 Å². The van der Waals surface area contributed by atoms with Crippen molar-refractivity contribution in [1.29, 1.82) is 0 Å². The average Bonchev–Trinajstić information content (AvgIpc) is 2.84. The Morgan fingerprint density at radius 3 is 2.31 bits per heavy atom. The Labute approximate surface area is 208 Å². The standard InChI is InChI=1S/C24H23ClN4O5S/c1-29(35(2,32)33)19-11-9-18(10-12-19)24(31)28-26-15-17-7-13-20(14-8-17)34-16-23(30)27-22-6-4-3-5-21(22)25/h3-15H,16H2,1-2H3,(H,27,30)(H,28,31)/b26-15-. The van der Waals surface area contributed by atoms with Gasteiger partial charge in [0.25, 0.3) is 11.8 Å². The first-order chi connectivity index (χ1) is 16.6. The van der Waals surface area contributed by atoms with E-state index < -0.39 is 15.9 Å². The summed E-state index contributed by atoms with van der Waals surface area (Å²) in [6.45, 7) is -0.187. The third-order valence-electron chi connectivity index (χ3n) is 4.77. The molecule has 0 bridgehead atoms. The molecule has 0 spiro atoms. The number of amides is 2. The molecule has 3 rings (SSSR count). The van der Waals surface area contributed by atoms with Crippen LogP contribution in [-0.2, 0) is 14.8 Å².